The summed E-state index contributed by atoms with van der Waals surface area (Å²) >= 11 is 1.97. The van der Waals surface area contributed by atoms with Crippen LogP contribution in [0.25, 0.3) is 10.9 Å². The number of nitrogens with zero attached hydrogens (tertiary/aromatic N) is 1. The first-order valence-corrected chi connectivity index (χ1v) is 11.9. The van der Waals surface area contributed by atoms with Gasteiger partial charge < -0.3 is 9.63 Å². The molecule has 0 amide bonds. The van der Waals surface area contributed by atoms with E-state index in [-0.39, 0.29) is 41.8 Å². The van der Waals surface area contributed by atoms with Crippen molar-refractivity contribution in [2.24, 2.45) is 0 Å². The number of aliphatic hydroxyl groups excluding tert-OH is 1. The van der Waals surface area contributed by atoms with Gasteiger partial charge in [0.2, 0.25) is 10.0 Å². The number of nitrogens with one attached hydrogen (secondary N) is 1. The minimum absolute atomic E-state index is 0.0146. The molecule has 2 aromatic carbocycles. The molecule has 1 aliphatic rings. The van der Waals surface area contributed by atoms with Crippen LogP contribution in [0.5, 0.6) is 0 Å². The van der Waals surface area contributed by atoms with E-state index in [2.05, 4.69) is 9.88 Å². The number of hydrogen-bond donors (Lipinski definition) is 2. The van der Waals surface area contributed by atoms with Gasteiger partial charge in [0, 0.05) is 27.5 Å². The molecule has 0 spiro atoms. The summed E-state index contributed by atoms with van der Waals surface area (Å²) in [5.41, 5.74) is 0.200. The summed E-state index contributed by atoms with van der Waals surface area (Å²) in [6, 6.07) is 6.04. The zero-order chi connectivity index (χ0) is 21.7. The average Bonchev–Trinajstić information content (AvgIpc) is 3.38. The highest BCUT2D eigenvalue weighted by molar-refractivity contribution is 14.1. The maximum atomic E-state index is 15.4. The Morgan fingerprint density at radius 1 is 1.30 bits per heavy atom. The van der Waals surface area contributed by atoms with E-state index in [0.29, 0.717) is 27.6 Å². The van der Waals surface area contributed by atoms with Crippen molar-refractivity contribution < 1.29 is 26.8 Å². The van der Waals surface area contributed by atoms with E-state index in [1.165, 1.54) is 12.1 Å². The van der Waals surface area contributed by atoms with Gasteiger partial charge in [0.15, 0.2) is 5.82 Å². The largest absolute Gasteiger partial charge is 0.396 e. The highest BCUT2D eigenvalue weighted by Gasteiger charge is 2.54. The molecule has 3 aromatic rings. The minimum Gasteiger partial charge on any atom is -0.396 e. The molecule has 0 bridgehead atoms. The van der Waals surface area contributed by atoms with Crippen molar-refractivity contribution in [3.8, 4) is 0 Å². The van der Waals surface area contributed by atoms with Crippen LogP contribution in [0, 0.1) is 22.1 Å². The molecule has 1 saturated carbocycles. The quantitative estimate of drug-likeness (QED) is 0.431. The highest BCUT2D eigenvalue weighted by atomic mass is 127. The van der Waals surface area contributed by atoms with E-state index in [1.54, 1.807) is 19.1 Å². The number of aliphatic hydroxyl groups is 1. The summed E-state index contributed by atoms with van der Waals surface area (Å²) in [6.45, 7) is 1.33. The van der Waals surface area contributed by atoms with E-state index in [1.807, 2.05) is 22.6 Å². The van der Waals surface area contributed by atoms with Gasteiger partial charge in [-0.3, -0.25) is 4.72 Å². The van der Waals surface area contributed by atoms with Crippen molar-refractivity contribution in [1.29, 1.82) is 0 Å². The third kappa shape index (κ3) is 3.69. The minimum atomic E-state index is -3.90. The topological polar surface area (TPSA) is 92.4 Å². The van der Waals surface area contributed by atoms with Gasteiger partial charge in [-0.1, -0.05) is 11.2 Å². The van der Waals surface area contributed by atoms with Crippen LogP contribution >= 0.6 is 22.6 Å². The summed E-state index contributed by atoms with van der Waals surface area (Å²) in [6.07, 6.45) is 0.768. The van der Waals surface area contributed by atoms with Crippen LogP contribution in [-0.2, 0) is 16.4 Å². The molecule has 4 rings (SSSR count). The number of halogens is 3. The fraction of sp³-hybridized carbons (Fsp3) is 0.350. The molecule has 0 atom stereocenters. The number of hydrogen-bond acceptors (Lipinski definition) is 5. The number of aryl methyl sites for hydroxylation is 1. The van der Waals surface area contributed by atoms with Crippen molar-refractivity contribution in [1.82, 2.24) is 5.16 Å². The van der Waals surface area contributed by atoms with Crippen LogP contribution in [-0.4, -0.2) is 30.0 Å². The van der Waals surface area contributed by atoms with Gasteiger partial charge in [0.1, 0.15) is 17.1 Å². The predicted octanol–water partition coefficient (Wildman–Crippen LogP) is 4.27. The van der Waals surface area contributed by atoms with Crippen LogP contribution in [0.15, 0.2) is 28.8 Å². The molecule has 1 aliphatic carbocycles. The molecule has 10 heteroatoms. The Morgan fingerprint density at radius 2 is 2.03 bits per heavy atom. The maximum absolute atomic E-state index is 15.4. The van der Waals surface area contributed by atoms with E-state index in [4.69, 9.17) is 4.52 Å². The highest BCUT2D eigenvalue weighted by Crippen LogP contribution is 2.47. The lowest BCUT2D eigenvalue weighted by Crippen LogP contribution is -2.31. The first-order valence-electron chi connectivity index (χ1n) is 9.32. The van der Waals surface area contributed by atoms with Gasteiger partial charge in [-0.15, -0.1) is 0 Å². The summed E-state index contributed by atoms with van der Waals surface area (Å²) in [5.74, 6) is -0.926. The molecule has 30 heavy (non-hydrogen) atoms. The van der Waals surface area contributed by atoms with Crippen molar-refractivity contribution in [3.05, 3.63) is 56.4 Å². The lowest BCUT2D eigenvalue weighted by atomic mass is 10.00. The second-order valence-electron chi connectivity index (χ2n) is 7.53. The monoisotopic (exact) mass is 548 g/mol. The summed E-state index contributed by atoms with van der Waals surface area (Å²) in [5, 5.41) is 13.3. The molecule has 0 unspecified atom stereocenters. The SMILES string of the molecule is Cc1onc2c(F)c(Cc3ccc(I)cc3F)c(NS(=O)(=O)C3(CCO)CC3)cc12. The van der Waals surface area contributed by atoms with Crippen LogP contribution in [0.3, 0.4) is 0 Å². The normalized spacial score (nSPS) is 15.5. The number of aromatic nitrogens is 1. The van der Waals surface area contributed by atoms with Gasteiger partial charge in [-0.25, -0.2) is 17.2 Å². The van der Waals surface area contributed by atoms with Crippen molar-refractivity contribution in [3.63, 3.8) is 0 Å². The van der Waals surface area contributed by atoms with Crippen LogP contribution in [0.1, 0.15) is 36.1 Å². The zero-order valence-electron chi connectivity index (χ0n) is 16.0. The molecule has 1 fully saturated rings. The van der Waals surface area contributed by atoms with Crippen molar-refractivity contribution in [2.75, 3.05) is 11.3 Å². The lowest BCUT2D eigenvalue weighted by Gasteiger charge is -2.19. The number of sulfonamides is 1. The Labute approximate surface area is 185 Å². The zero-order valence-corrected chi connectivity index (χ0v) is 19.0. The Balaban J connectivity index is 1.83. The van der Waals surface area contributed by atoms with Crippen LogP contribution in [0.4, 0.5) is 14.5 Å². The van der Waals surface area contributed by atoms with E-state index < -0.39 is 26.4 Å². The Hall–Kier alpha value is -1.79. The molecule has 0 saturated heterocycles. The van der Waals surface area contributed by atoms with Gasteiger partial charge >= 0.3 is 0 Å². The number of fused-ring (bicyclic) bond motifs is 1. The molecule has 0 radical (unpaired) electrons. The number of anilines is 1. The maximum Gasteiger partial charge on any atom is 0.238 e. The molecular weight excluding hydrogens is 529 g/mol. The lowest BCUT2D eigenvalue weighted by molar-refractivity contribution is 0.283. The molecule has 0 aliphatic heterocycles. The second-order valence-corrected chi connectivity index (χ2v) is 10.8. The first-order chi connectivity index (χ1) is 14.2. The van der Waals surface area contributed by atoms with Crippen molar-refractivity contribution in [2.45, 2.75) is 37.4 Å². The number of benzene rings is 2. The summed E-state index contributed by atoms with van der Waals surface area (Å²) in [4.78, 5) is 0. The predicted molar refractivity (Wildman–Crippen MR) is 117 cm³/mol. The Morgan fingerprint density at radius 3 is 2.67 bits per heavy atom. The third-order valence-corrected chi connectivity index (χ3v) is 8.48. The average molecular weight is 548 g/mol. The fourth-order valence-corrected chi connectivity index (χ4v) is 5.71. The van der Waals surface area contributed by atoms with Gasteiger partial charge in [0.05, 0.1) is 10.4 Å². The molecule has 1 heterocycles. The standard InChI is InChI=1S/C20H19F2IN2O4S/c1-11-14-10-17(25-30(27,28)20(4-5-20)6-7-26)15(18(22)19(14)24-29-11)8-12-2-3-13(23)9-16(12)21/h2-3,9-10,25-26H,4-8H2,1H3. The van der Waals surface area contributed by atoms with Gasteiger partial charge in [-0.05, 0) is 72.5 Å². The van der Waals surface area contributed by atoms with Crippen LogP contribution in [0.2, 0.25) is 0 Å². The van der Waals surface area contributed by atoms with Crippen molar-refractivity contribution >= 4 is 49.2 Å². The smallest absolute Gasteiger partial charge is 0.238 e. The summed E-state index contributed by atoms with van der Waals surface area (Å²) in [7, 11) is -3.90. The Kier molecular flexibility index (Phi) is 5.52. The van der Waals surface area contributed by atoms with Gasteiger partial charge in [-0.2, -0.15) is 0 Å². The van der Waals surface area contributed by atoms with E-state index >= 15 is 4.39 Å². The third-order valence-electron chi connectivity index (χ3n) is 5.57. The Bertz CT molecular complexity index is 1240. The molecule has 1 aromatic heterocycles. The first kappa shape index (κ1) is 21.4. The van der Waals surface area contributed by atoms with E-state index in [9.17, 15) is 17.9 Å². The molecule has 160 valence electrons. The van der Waals surface area contributed by atoms with E-state index in [0.717, 1.165) is 0 Å². The molecule has 6 nitrogen and oxygen atoms in total. The fourth-order valence-electron chi connectivity index (χ4n) is 3.57. The van der Waals surface area contributed by atoms with Gasteiger partial charge in [0.25, 0.3) is 0 Å². The second kappa shape index (κ2) is 7.72. The number of rotatable bonds is 7. The van der Waals surface area contributed by atoms with Crippen LogP contribution < -0.4 is 4.72 Å². The summed E-state index contributed by atoms with van der Waals surface area (Å²) < 4.78 is 63.0. The molecular formula is C20H19F2IN2O4S. The molecule has 2 N–H and O–H groups in total.